The number of alkyl halides is 3. The van der Waals surface area contributed by atoms with E-state index in [0.29, 0.717) is 36.0 Å². The number of carbonyl (C=O) groups is 2. The van der Waals surface area contributed by atoms with Crippen LogP contribution < -0.4 is 4.90 Å². The summed E-state index contributed by atoms with van der Waals surface area (Å²) in [5.41, 5.74) is -3.41. The third kappa shape index (κ3) is 5.21. The second-order valence-corrected chi connectivity index (χ2v) is 9.73. The third-order valence-corrected chi connectivity index (χ3v) is 6.93. The number of amides is 3. The maximum atomic E-state index is 14.7. The SMILES string of the molecule is CC1(C)C(=O)N(c2ccc(C#N)c(C(F)(F)F)c2)C(=O)N1CCCOC1=CCC(C2C=CN=CC2)C(F)=C1. The molecule has 0 spiro atoms. The number of nitrogens with zero attached hydrogens (tertiary/aromatic N) is 4. The van der Waals surface area contributed by atoms with Crippen LogP contribution in [0.2, 0.25) is 0 Å². The summed E-state index contributed by atoms with van der Waals surface area (Å²) in [5.74, 6) is -0.812. The van der Waals surface area contributed by atoms with Crippen LogP contribution in [-0.4, -0.2) is 41.7 Å². The number of urea groups is 1. The molecular weight excluding hydrogens is 504 g/mol. The molecule has 2 heterocycles. The summed E-state index contributed by atoms with van der Waals surface area (Å²) < 4.78 is 60.6. The highest BCUT2D eigenvalue weighted by Crippen LogP contribution is 2.38. The topological polar surface area (TPSA) is 86.0 Å². The number of hydrogen-bond donors (Lipinski definition) is 0. The summed E-state index contributed by atoms with van der Waals surface area (Å²) in [4.78, 5) is 32.2. The van der Waals surface area contributed by atoms with E-state index in [-0.39, 0.29) is 36.5 Å². The summed E-state index contributed by atoms with van der Waals surface area (Å²) >= 11 is 0. The smallest absolute Gasteiger partial charge is 0.417 e. The van der Waals surface area contributed by atoms with Crippen LogP contribution in [0.1, 0.15) is 44.2 Å². The van der Waals surface area contributed by atoms with Crippen LogP contribution in [0, 0.1) is 23.2 Å². The molecule has 0 bridgehead atoms. The molecule has 0 N–H and O–H groups in total. The van der Waals surface area contributed by atoms with Crippen LogP contribution in [-0.2, 0) is 15.7 Å². The molecule has 4 rings (SSSR count). The van der Waals surface area contributed by atoms with E-state index in [9.17, 15) is 27.2 Å². The fourth-order valence-electron chi connectivity index (χ4n) is 4.77. The first kappa shape index (κ1) is 27.1. The zero-order valence-electron chi connectivity index (χ0n) is 20.8. The first-order chi connectivity index (χ1) is 17.9. The predicted octanol–water partition coefficient (Wildman–Crippen LogP) is 5.89. The molecule has 1 aromatic carbocycles. The Labute approximate surface area is 217 Å². The molecule has 1 saturated heterocycles. The number of aliphatic imine (C=N–C) groups is 1. The lowest BCUT2D eigenvalue weighted by Gasteiger charge is -2.28. The summed E-state index contributed by atoms with van der Waals surface area (Å²) in [5, 5.41) is 9.02. The standard InChI is InChI=1S/C27H26F4N4O3/c1-26(2)24(36)35(19-5-4-18(16-32)22(14-19)27(29,30)31)25(37)34(26)12-3-13-38-20-6-7-21(23(28)15-20)17-8-10-33-11-9-17/h4-6,8,10-11,14-15,17,21H,3,7,9,12-13H2,1-2H3. The molecule has 3 aliphatic rings. The van der Waals surface area contributed by atoms with Crippen LogP contribution in [0.25, 0.3) is 0 Å². The Morgan fingerprint density at radius 1 is 1.24 bits per heavy atom. The normalized spacial score (nSPS) is 22.9. The van der Waals surface area contributed by atoms with Gasteiger partial charge in [0.05, 0.1) is 29.5 Å². The highest BCUT2D eigenvalue weighted by Gasteiger charge is 2.52. The van der Waals surface area contributed by atoms with Crippen molar-refractivity contribution in [3.63, 3.8) is 0 Å². The number of anilines is 1. The van der Waals surface area contributed by atoms with Crippen molar-refractivity contribution in [1.29, 1.82) is 5.26 Å². The van der Waals surface area contributed by atoms with Crippen molar-refractivity contribution in [2.45, 2.75) is 44.8 Å². The van der Waals surface area contributed by atoms with Crippen molar-refractivity contribution in [3.8, 4) is 6.07 Å². The van der Waals surface area contributed by atoms with E-state index in [1.807, 2.05) is 12.2 Å². The maximum absolute atomic E-state index is 14.7. The lowest BCUT2D eigenvalue weighted by molar-refractivity contribution is -0.137. The number of carbonyl (C=O) groups excluding carboxylic acids is 2. The monoisotopic (exact) mass is 530 g/mol. The summed E-state index contributed by atoms with van der Waals surface area (Å²) in [6.45, 7) is 3.24. The summed E-state index contributed by atoms with van der Waals surface area (Å²) in [7, 11) is 0. The highest BCUT2D eigenvalue weighted by molar-refractivity contribution is 6.23. The van der Waals surface area contributed by atoms with Crippen LogP contribution >= 0.6 is 0 Å². The Bertz CT molecular complexity index is 1290. The minimum absolute atomic E-state index is 0.0359. The average molecular weight is 531 g/mol. The highest BCUT2D eigenvalue weighted by atomic mass is 19.4. The zero-order chi connectivity index (χ0) is 27.7. The molecule has 38 heavy (non-hydrogen) atoms. The number of halogens is 4. The van der Waals surface area contributed by atoms with Gasteiger partial charge in [0.25, 0.3) is 5.91 Å². The van der Waals surface area contributed by atoms with Gasteiger partial charge in [-0.3, -0.25) is 9.79 Å². The average Bonchev–Trinajstić information content (AvgIpc) is 3.05. The fraction of sp³-hybridized carbons (Fsp3) is 0.407. The van der Waals surface area contributed by atoms with Gasteiger partial charge in [0.1, 0.15) is 17.1 Å². The maximum Gasteiger partial charge on any atom is 0.417 e. The van der Waals surface area contributed by atoms with Crippen molar-refractivity contribution < 1.29 is 31.9 Å². The lowest BCUT2D eigenvalue weighted by Crippen LogP contribution is -2.44. The zero-order valence-corrected chi connectivity index (χ0v) is 20.8. The quantitative estimate of drug-likeness (QED) is 0.250. The summed E-state index contributed by atoms with van der Waals surface area (Å²) in [6, 6.07) is 3.43. The molecule has 2 aliphatic heterocycles. The molecule has 0 aromatic heterocycles. The number of imide groups is 1. The van der Waals surface area contributed by atoms with Crippen molar-refractivity contribution in [2.24, 2.45) is 16.8 Å². The molecule has 3 amide bonds. The molecule has 0 saturated carbocycles. The van der Waals surface area contributed by atoms with Crippen LogP contribution in [0.5, 0.6) is 0 Å². The Morgan fingerprint density at radius 2 is 2.00 bits per heavy atom. The van der Waals surface area contributed by atoms with Gasteiger partial charge in [-0.15, -0.1) is 0 Å². The van der Waals surface area contributed by atoms with E-state index < -0.39 is 34.8 Å². The number of allylic oxidation sites excluding steroid dienone is 4. The first-order valence-corrected chi connectivity index (χ1v) is 12.1. The van der Waals surface area contributed by atoms with E-state index in [0.717, 1.165) is 12.1 Å². The number of nitriles is 1. The van der Waals surface area contributed by atoms with Gasteiger partial charge in [0.2, 0.25) is 0 Å². The van der Waals surface area contributed by atoms with Gasteiger partial charge in [0, 0.05) is 31.0 Å². The Balaban J connectivity index is 1.38. The van der Waals surface area contributed by atoms with E-state index in [1.54, 1.807) is 12.4 Å². The van der Waals surface area contributed by atoms with Gasteiger partial charge in [-0.25, -0.2) is 14.1 Å². The van der Waals surface area contributed by atoms with Crippen molar-refractivity contribution in [1.82, 2.24) is 4.90 Å². The van der Waals surface area contributed by atoms with Gasteiger partial charge < -0.3 is 9.64 Å². The van der Waals surface area contributed by atoms with Crippen molar-refractivity contribution in [3.05, 3.63) is 65.3 Å². The molecule has 1 fully saturated rings. The molecule has 200 valence electrons. The molecule has 7 nitrogen and oxygen atoms in total. The van der Waals surface area contributed by atoms with Gasteiger partial charge >= 0.3 is 12.2 Å². The Kier molecular flexibility index (Phi) is 7.44. The molecule has 2 atom stereocenters. The molecule has 11 heteroatoms. The largest absolute Gasteiger partial charge is 0.494 e. The molecule has 0 radical (unpaired) electrons. The number of hydrogen-bond acceptors (Lipinski definition) is 5. The molecule has 1 aromatic rings. The van der Waals surface area contributed by atoms with Gasteiger partial charge in [-0.05, 0) is 63.3 Å². The molecular formula is C27H26F4N4O3. The van der Waals surface area contributed by atoms with Gasteiger partial charge in [-0.1, -0.05) is 6.08 Å². The molecule has 1 aliphatic carbocycles. The van der Waals surface area contributed by atoms with Crippen LogP contribution in [0.3, 0.4) is 0 Å². The second kappa shape index (κ2) is 10.4. The van der Waals surface area contributed by atoms with Crippen molar-refractivity contribution >= 4 is 23.8 Å². The molecule has 2 unspecified atom stereocenters. The Hall–Kier alpha value is -3.94. The lowest BCUT2D eigenvalue weighted by atomic mass is 9.83. The fourth-order valence-corrected chi connectivity index (χ4v) is 4.77. The minimum Gasteiger partial charge on any atom is -0.494 e. The van der Waals surface area contributed by atoms with Crippen LogP contribution in [0.15, 0.2) is 59.2 Å². The Morgan fingerprint density at radius 3 is 2.63 bits per heavy atom. The van der Waals surface area contributed by atoms with Crippen molar-refractivity contribution in [2.75, 3.05) is 18.1 Å². The predicted molar refractivity (Wildman–Crippen MR) is 132 cm³/mol. The van der Waals surface area contributed by atoms with E-state index >= 15 is 0 Å². The van der Waals surface area contributed by atoms with E-state index in [2.05, 4.69) is 4.99 Å². The van der Waals surface area contributed by atoms with E-state index in [1.165, 1.54) is 30.9 Å². The first-order valence-electron chi connectivity index (χ1n) is 12.1. The van der Waals surface area contributed by atoms with Gasteiger partial charge in [-0.2, -0.15) is 18.4 Å². The minimum atomic E-state index is -4.83. The van der Waals surface area contributed by atoms with Crippen LogP contribution in [0.4, 0.5) is 28.0 Å². The third-order valence-electron chi connectivity index (χ3n) is 6.93. The van der Waals surface area contributed by atoms with E-state index in [4.69, 9.17) is 10.00 Å². The number of ether oxygens (including phenoxy) is 1. The summed E-state index contributed by atoms with van der Waals surface area (Å²) in [6.07, 6.45) is 5.10. The van der Waals surface area contributed by atoms with Gasteiger partial charge in [0.15, 0.2) is 0 Å². The number of benzene rings is 1. The second-order valence-electron chi connectivity index (χ2n) is 9.73. The number of rotatable bonds is 7.